The van der Waals surface area contributed by atoms with E-state index in [-0.39, 0.29) is 23.6 Å². The van der Waals surface area contributed by atoms with Crippen LogP contribution >= 0.6 is 15.9 Å². The number of halogens is 1. The van der Waals surface area contributed by atoms with Crippen LogP contribution in [0.4, 0.5) is 0 Å². The number of hydrogen-bond acceptors (Lipinski definition) is 9. The zero-order valence-corrected chi connectivity index (χ0v) is 35.8. The number of nitrogens with one attached hydrogen (secondary N) is 4. The van der Waals surface area contributed by atoms with Crippen LogP contribution in [0, 0.1) is 10.8 Å². The van der Waals surface area contributed by atoms with E-state index < -0.39 is 22.9 Å². The first-order valence-corrected chi connectivity index (χ1v) is 19.5. The maximum absolute atomic E-state index is 13.4. The van der Waals surface area contributed by atoms with Gasteiger partial charge in [0, 0.05) is 40.3 Å². The summed E-state index contributed by atoms with van der Waals surface area (Å²) in [4.78, 5) is 64.4. The van der Waals surface area contributed by atoms with Crippen LogP contribution in [0.15, 0.2) is 29.0 Å². The largest absolute Gasteiger partial charge is 0.496 e. The van der Waals surface area contributed by atoms with Crippen molar-refractivity contribution in [2.75, 3.05) is 48.4 Å². The van der Waals surface area contributed by atoms with E-state index in [2.05, 4.69) is 56.5 Å². The lowest BCUT2D eigenvalue weighted by Gasteiger charge is -2.29. The minimum Gasteiger partial charge on any atom is -0.496 e. The van der Waals surface area contributed by atoms with E-state index in [9.17, 15) is 19.2 Å². The number of carbonyl (C=O) groups excluding carboxylic acids is 4. The molecule has 1 aromatic carbocycles. The van der Waals surface area contributed by atoms with Gasteiger partial charge in [0.05, 0.1) is 24.1 Å². The fourth-order valence-corrected chi connectivity index (χ4v) is 7.40. The van der Waals surface area contributed by atoms with Gasteiger partial charge in [0.2, 0.25) is 11.8 Å². The summed E-state index contributed by atoms with van der Waals surface area (Å²) < 4.78 is 10.4. The summed E-state index contributed by atoms with van der Waals surface area (Å²) in [5.41, 5.74) is 2.46. The van der Waals surface area contributed by atoms with Gasteiger partial charge in [-0.1, -0.05) is 53.7 Å². The summed E-state index contributed by atoms with van der Waals surface area (Å²) in [7, 11) is 8.84. The third-order valence-electron chi connectivity index (χ3n) is 9.86. The Morgan fingerprint density at radius 1 is 0.727 bits per heavy atom. The third-order valence-corrected chi connectivity index (χ3v) is 10.5. The Morgan fingerprint density at radius 2 is 1.18 bits per heavy atom. The molecular formula is C39H59BrN10O5. The molecule has 15 nitrogen and oxygen atoms in total. The highest BCUT2D eigenvalue weighted by Gasteiger charge is 2.36. The third kappa shape index (κ3) is 10.3. The Labute approximate surface area is 333 Å². The molecule has 2 aliphatic rings. The Balaban J connectivity index is 0.000000253. The lowest BCUT2D eigenvalue weighted by molar-refractivity contribution is -0.125. The summed E-state index contributed by atoms with van der Waals surface area (Å²) >= 11 is 3.45. The fourth-order valence-electron chi connectivity index (χ4n) is 6.84. The first-order chi connectivity index (χ1) is 25.8. The molecule has 4 heterocycles. The minimum absolute atomic E-state index is 0.211. The number of methoxy groups -OCH3 is 1. The molecule has 0 fully saturated rings. The van der Waals surface area contributed by atoms with Gasteiger partial charge in [-0.2, -0.15) is 0 Å². The lowest BCUT2D eigenvalue weighted by Crippen LogP contribution is -2.53. The van der Waals surface area contributed by atoms with Gasteiger partial charge in [-0.25, -0.2) is 9.97 Å². The molecule has 3 aromatic rings. The van der Waals surface area contributed by atoms with Gasteiger partial charge in [0.25, 0.3) is 11.8 Å². The number of nitrogens with zero attached hydrogens (tertiary/aromatic N) is 6. The van der Waals surface area contributed by atoms with Crippen molar-refractivity contribution in [3.63, 3.8) is 0 Å². The number of hydrogen-bond donors (Lipinski definition) is 4. The average Bonchev–Trinajstić information content (AvgIpc) is 3.45. The molecule has 55 heavy (non-hydrogen) atoms. The van der Waals surface area contributed by atoms with Crippen LogP contribution in [-0.4, -0.2) is 113 Å². The maximum Gasteiger partial charge on any atom is 0.272 e. The zero-order chi connectivity index (χ0) is 40.8. The first-order valence-electron chi connectivity index (χ1n) is 18.7. The highest BCUT2D eigenvalue weighted by Crippen LogP contribution is 2.33. The fraction of sp³-hybridized carbons (Fsp3) is 0.590. The molecule has 0 spiro atoms. The molecule has 302 valence electrons. The zero-order valence-electron chi connectivity index (χ0n) is 34.2. The van der Waals surface area contributed by atoms with Crippen molar-refractivity contribution in [3.8, 4) is 17.1 Å². The van der Waals surface area contributed by atoms with Crippen molar-refractivity contribution in [2.45, 2.75) is 92.6 Å². The van der Waals surface area contributed by atoms with E-state index in [1.807, 2.05) is 84.5 Å². The molecule has 2 atom stereocenters. The number of likely N-dealkylation sites (N-methyl/N-ethyl adjacent to an activating group) is 2. The van der Waals surface area contributed by atoms with Crippen molar-refractivity contribution in [1.29, 1.82) is 0 Å². The van der Waals surface area contributed by atoms with Crippen LogP contribution in [0.25, 0.3) is 11.4 Å². The normalized spacial score (nSPS) is 16.1. The van der Waals surface area contributed by atoms with Gasteiger partial charge in [-0.15, -0.1) is 0 Å². The number of para-hydroxylation sites is 1. The van der Waals surface area contributed by atoms with E-state index >= 15 is 0 Å². The number of benzene rings is 1. The maximum atomic E-state index is 13.4. The van der Waals surface area contributed by atoms with Gasteiger partial charge in [-0.05, 0) is 78.9 Å². The second-order valence-electron chi connectivity index (χ2n) is 16.4. The number of rotatable bonds is 8. The monoisotopic (exact) mass is 826 g/mol. The second-order valence-corrected chi connectivity index (χ2v) is 17.1. The van der Waals surface area contributed by atoms with Crippen LogP contribution in [0.2, 0.25) is 0 Å². The molecule has 0 saturated heterocycles. The predicted octanol–water partition coefficient (Wildman–Crippen LogP) is 3.66. The Morgan fingerprint density at radius 3 is 1.65 bits per heavy atom. The summed E-state index contributed by atoms with van der Waals surface area (Å²) in [5.74, 6) is 0.315. The molecule has 2 aromatic heterocycles. The molecule has 5 rings (SSSR count). The van der Waals surface area contributed by atoms with Gasteiger partial charge in [-0.3, -0.25) is 19.2 Å². The lowest BCUT2D eigenvalue weighted by atomic mass is 9.86. The Hall–Kier alpha value is -4.28. The summed E-state index contributed by atoms with van der Waals surface area (Å²) in [5, 5.41) is 11.0. The molecule has 0 radical (unpaired) electrons. The highest BCUT2D eigenvalue weighted by molar-refractivity contribution is 9.10. The highest BCUT2D eigenvalue weighted by atomic mass is 79.9. The quantitative estimate of drug-likeness (QED) is 0.265. The number of amides is 4. The SMILES string of the molecule is CNC(=O)[C@@H](NC(=O)c1nc(-c2ccccc2OC)n2c1CN(C)CCC2)C(C)(C)C.CNC(=O)[C@@H](NC(=O)c1nc(Br)n2c1CN(C)CCC2)C(C)(C)C. The van der Waals surface area contributed by atoms with E-state index in [0.717, 1.165) is 56.0 Å². The van der Waals surface area contributed by atoms with E-state index in [1.165, 1.54) is 0 Å². The predicted molar refractivity (Wildman–Crippen MR) is 216 cm³/mol. The average molecular weight is 828 g/mol. The smallest absolute Gasteiger partial charge is 0.272 e. The molecule has 0 saturated carbocycles. The molecule has 16 heteroatoms. The van der Waals surface area contributed by atoms with Gasteiger partial charge in [0.1, 0.15) is 23.7 Å². The van der Waals surface area contributed by atoms with Crippen molar-refractivity contribution >= 4 is 39.6 Å². The second kappa shape index (κ2) is 18.1. The summed E-state index contributed by atoms with van der Waals surface area (Å²) in [6, 6.07) is 6.38. The van der Waals surface area contributed by atoms with Crippen molar-refractivity contribution in [1.82, 2.24) is 50.2 Å². The van der Waals surface area contributed by atoms with E-state index in [0.29, 0.717) is 40.8 Å². The van der Waals surface area contributed by atoms with Crippen LogP contribution in [0.5, 0.6) is 5.75 Å². The molecular weight excluding hydrogens is 768 g/mol. The van der Waals surface area contributed by atoms with E-state index in [1.54, 1.807) is 21.2 Å². The number of ether oxygens (including phenoxy) is 1. The molecule has 0 bridgehead atoms. The first kappa shape index (κ1) is 43.4. The molecule has 4 N–H and O–H groups in total. The van der Waals surface area contributed by atoms with Crippen LogP contribution < -0.4 is 26.0 Å². The Bertz CT molecular complexity index is 1860. The Kier molecular flexibility index (Phi) is 14.3. The molecule has 4 amide bonds. The standard InChI is InChI=1S/C23H33N5O3.C16H26BrN5O2/c1-23(2,3)19(22(30)24-4)26-21(29)18-16-14-27(5)12-9-13-28(16)20(25-18)15-10-7-8-11-17(15)31-6;1-16(2,3)12(14(24)18-4)20-13(23)11-10-9-21(5)7-6-8-22(10)15(17)19-11/h7-8,10-11,19H,9,12-14H2,1-6H3,(H,24,30)(H,26,29);12H,6-9H2,1-5H3,(H,18,24)(H,20,23)/t19-;12-/m11/s1. The number of carbonyl (C=O) groups is 4. The van der Waals surface area contributed by atoms with E-state index in [4.69, 9.17) is 9.72 Å². The van der Waals surface area contributed by atoms with Crippen molar-refractivity contribution < 1.29 is 23.9 Å². The van der Waals surface area contributed by atoms with Gasteiger partial charge < -0.3 is 44.9 Å². The van der Waals surface area contributed by atoms with Crippen LogP contribution in [-0.2, 0) is 35.8 Å². The van der Waals surface area contributed by atoms with Gasteiger partial charge in [0.15, 0.2) is 16.1 Å². The van der Waals surface area contributed by atoms with Crippen molar-refractivity contribution in [2.24, 2.45) is 10.8 Å². The van der Waals surface area contributed by atoms with Crippen molar-refractivity contribution in [3.05, 3.63) is 51.8 Å². The molecule has 0 unspecified atom stereocenters. The number of aromatic nitrogens is 4. The van der Waals surface area contributed by atoms with Crippen LogP contribution in [0.3, 0.4) is 0 Å². The molecule has 2 aliphatic heterocycles. The number of imidazole rings is 2. The topological polar surface area (TPSA) is 168 Å². The van der Waals surface area contributed by atoms with Gasteiger partial charge >= 0.3 is 0 Å². The summed E-state index contributed by atoms with van der Waals surface area (Å²) in [6.45, 7) is 16.3. The van der Waals surface area contributed by atoms with Crippen LogP contribution in [0.1, 0.15) is 86.7 Å². The molecule has 0 aliphatic carbocycles. The number of fused-ring (bicyclic) bond motifs is 2. The summed E-state index contributed by atoms with van der Waals surface area (Å²) in [6.07, 6.45) is 1.95. The minimum atomic E-state index is -0.680.